The zero-order valence-electron chi connectivity index (χ0n) is 13.4. The second-order valence-electron chi connectivity index (χ2n) is 6.23. The van der Waals surface area contributed by atoms with Crippen LogP contribution in [0.25, 0.3) is 32.7 Å². The highest BCUT2D eigenvalue weighted by Crippen LogP contribution is 2.46. The number of hydrogen-bond donors (Lipinski definition) is 0. The lowest BCUT2D eigenvalue weighted by Gasteiger charge is -2.14. The third-order valence-corrected chi connectivity index (χ3v) is 4.71. The molecule has 2 heteroatoms. The zero-order chi connectivity index (χ0) is 16.1. The second kappa shape index (κ2) is 5.00. The molecule has 5 rings (SSSR count). The highest BCUT2D eigenvalue weighted by atomic mass is 16.7. The van der Waals surface area contributed by atoms with E-state index in [9.17, 15) is 0 Å². The van der Waals surface area contributed by atoms with Crippen LogP contribution in [-0.4, -0.2) is 6.79 Å². The van der Waals surface area contributed by atoms with Gasteiger partial charge in [0.15, 0.2) is 0 Å². The summed E-state index contributed by atoms with van der Waals surface area (Å²) < 4.78 is 11.8. The summed E-state index contributed by atoms with van der Waals surface area (Å²) in [5.74, 6) is 1.75. The fraction of sp³-hybridized carbons (Fsp3) is 0.0909. The van der Waals surface area contributed by atoms with Gasteiger partial charge in [-0.05, 0) is 40.6 Å². The summed E-state index contributed by atoms with van der Waals surface area (Å²) >= 11 is 0. The molecule has 0 aromatic heterocycles. The first-order chi connectivity index (χ1) is 11.8. The predicted octanol–water partition coefficient (Wildman–Crippen LogP) is 5.70. The van der Waals surface area contributed by atoms with Crippen LogP contribution in [0.1, 0.15) is 5.56 Å². The quantitative estimate of drug-likeness (QED) is 0.415. The molecule has 0 unspecified atom stereocenters. The van der Waals surface area contributed by atoms with Gasteiger partial charge in [-0.3, -0.25) is 0 Å². The Bertz CT molecular complexity index is 1100. The molecule has 0 aliphatic carbocycles. The minimum absolute atomic E-state index is 0.232. The van der Waals surface area contributed by atoms with Crippen molar-refractivity contribution in [1.82, 2.24) is 0 Å². The lowest BCUT2D eigenvalue weighted by molar-refractivity contribution is 0.125. The molecule has 0 fully saturated rings. The van der Waals surface area contributed by atoms with E-state index < -0.39 is 0 Å². The van der Waals surface area contributed by atoms with E-state index in [-0.39, 0.29) is 6.79 Å². The molecule has 1 aliphatic rings. The summed E-state index contributed by atoms with van der Waals surface area (Å²) in [6, 6.07) is 23.3. The van der Waals surface area contributed by atoms with Gasteiger partial charge in [0.2, 0.25) is 6.79 Å². The molecule has 2 nitrogen and oxygen atoms in total. The molecule has 0 spiro atoms. The minimum atomic E-state index is 0.232. The van der Waals surface area contributed by atoms with Crippen LogP contribution in [-0.2, 0) is 0 Å². The maximum Gasteiger partial charge on any atom is 0.230 e. The first kappa shape index (κ1) is 13.4. The Morgan fingerprint density at radius 1 is 0.667 bits per heavy atom. The first-order valence-electron chi connectivity index (χ1n) is 8.12. The summed E-state index contributed by atoms with van der Waals surface area (Å²) in [4.78, 5) is 0. The van der Waals surface area contributed by atoms with Crippen molar-refractivity contribution < 1.29 is 9.47 Å². The van der Waals surface area contributed by atoms with E-state index in [2.05, 4.69) is 67.6 Å². The van der Waals surface area contributed by atoms with Crippen molar-refractivity contribution in [1.29, 1.82) is 0 Å². The van der Waals surface area contributed by atoms with E-state index in [0.717, 1.165) is 22.6 Å². The van der Waals surface area contributed by atoms with Crippen LogP contribution in [0, 0.1) is 6.92 Å². The molecule has 0 saturated carbocycles. The van der Waals surface area contributed by atoms with Crippen molar-refractivity contribution in [3.63, 3.8) is 0 Å². The average molecular weight is 312 g/mol. The van der Waals surface area contributed by atoms with Gasteiger partial charge in [0.1, 0.15) is 11.5 Å². The number of aryl methyl sites for hydroxylation is 1. The molecule has 0 radical (unpaired) electrons. The van der Waals surface area contributed by atoms with E-state index in [0.29, 0.717) is 0 Å². The number of fused-ring (bicyclic) bond motifs is 7. The van der Waals surface area contributed by atoms with Gasteiger partial charge in [0, 0.05) is 11.1 Å². The third kappa shape index (κ3) is 1.89. The Hall–Kier alpha value is -3.00. The maximum absolute atomic E-state index is 5.90. The molecule has 1 heterocycles. The molecule has 4 aromatic rings. The Kier molecular flexibility index (Phi) is 2.80. The Balaban J connectivity index is 1.99. The molecular weight excluding hydrogens is 296 g/mol. The summed E-state index contributed by atoms with van der Waals surface area (Å²) in [7, 11) is 0. The van der Waals surface area contributed by atoms with Crippen LogP contribution in [0.15, 0.2) is 66.7 Å². The molecule has 24 heavy (non-hydrogen) atoms. The summed E-state index contributed by atoms with van der Waals surface area (Å²) in [6.45, 7) is 2.35. The van der Waals surface area contributed by atoms with Crippen LogP contribution in [0.4, 0.5) is 0 Å². The molecule has 4 aromatic carbocycles. The van der Waals surface area contributed by atoms with Crippen LogP contribution in [0.3, 0.4) is 0 Å². The molecule has 1 aliphatic heterocycles. The van der Waals surface area contributed by atoms with Crippen LogP contribution >= 0.6 is 0 Å². The SMILES string of the molecule is Cc1ccc2c3c(ccc2c1)OCOc1ccc2ccccc2c1-3. The smallest absolute Gasteiger partial charge is 0.230 e. The third-order valence-electron chi connectivity index (χ3n) is 4.71. The number of ether oxygens (including phenoxy) is 2. The monoisotopic (exact) mass is 312 g/mol. The molecule has 0 atom stereocenters. The van der Waals surface area contributed by atoms with Crippen molar-refractivity contribution in [3.8, 4) is 22.6 Å². The fourth-order valence-electron chi connectivity index (χ4n) is 3.59. The summed E-state index contributed by atoms with van der Waals surface area (Å²) in [5.41, 5.74) is 3.50. The van der Waals surface area contributed by atoms with Crippen LogP contribution in [0.2, 0.25) is 0 Å². The average Bonchev–Trinajstić information content (AvgIpc) is 2.81. The van der Waals surface area contributed by atoms with Crippen molar-refractivity contribution in [2.75, 3.05) is 6.79 Å². The Labute approximate surface area is 140 Å². The lowest BCUT2D eigenvalue weighted by Crippen LogP contribution is -2.03. The minimum Gasteiger partial charge on any atom is -0.457 e. The van der Waals surface area contributed by atoms with Gasteiger partial charge in [-0.25, -0.2) is 0 Å². The fourth-order valence-corrected chi connectivity index (χ4v) is 3.59. The Morgan fingerprint density at radius 3 is 2.12 bits per heavy atom. The number of benzene rings is 4. The van der Waals surface area contributed by atoms with Gasteiger partial charge in [-0.1, -0.05) is 60.2 Å². The van der Waals surface area contributed by atoms with E-state index >= 15 is 0 Å². The summed E-state index contributed by atoms with van der Waals surface area (Å²) in [6.07, 6.45) is 0. The summed E-state index contributed by atoms with van der Waals surface area (Å²) in [5, 5.41) is 4.81. The van der Waals surface area contributed by atoms with Gasteiger partial charge in [0.05, 0.1) is 0 Å². The van der Waals surface area contributed by atoms with Gasteiger partial charge >= 0.3 is 0 Å². The van der Waals surface area contributed by atoms with Gasteiger partial charge in [-0.15, -0.1) is 0 Å². The molecule has 0 saturated heterocycles. The maximum atomic E-state index is 5.90. The van der Waals surface area contributed by atoms with Gasteiger partial charge < -0.3 is 9.47 Å². The van der Waals surface area contributed by atoms with E-state index in [1.165, 1.54) is 27.1 Å². The standard InChI is InChI=1S/C22H16O2/c1-14-6-9-18-16(12-14)8-11-20-22(18)21-17-5-3-2-4-15(17)7-10-19(21)23-13-24-20/h2-12H,13H2,1H3. The van der Waals surface area contributed by atoms with Gasteiger partial charge in [0.25, 0.3) is 0 Å². The van der Waals surface area contributed by atoms with Crippen molar-refractivity contribution in [3.05, 3.63) is 72.3 Å². The molecule has 0 bridgehead atoms. The number of rotatable bonds is 0. The molecule has 0 N–H and O–H groups in total. The molecule has 116 valence electrons. The largest absolute Gasteiger partial charge is 0.457 e. The van der Waals surface area contributed by atoms with E-state index in [1.54, 1.807) is 0 Å². The van der Waals surface area contributed by atoms with Crippen molar-refractivity contribution in [2.24, 2.45) is 0 Å². The van der Waals surface area contributed by atoms with Crippen molar-refractivity contribution >= 4 is 21.5 Å². The Morgan fingerprint density at radius 2 is 1.33 bits per heavy atom. The normalized spacial score (nSPS) is 12.9. The molecule has 0 amide bonds. The predicted molar refractivity (Wildman–Crippen MR) is 97.8 cm³/mol. The highest BCUT2D eigenvalue weighted by Gasteiger charge is 2.21. The van der Waals surface area contributed by atoms with Crippen LogP contribution < -0.4 is 9.47 Å². The van der Waals surface area contributed by atoms with Crippen LogP contribution in [0.5, 0.6) is 11.5 Å². The van der Waals surface area contributed by atoms with E-state index in [1.807, 2.05) is 6.07 Å². The van der Waals surface area contributed by atoms with Gasteiger partial charge in [-0.2, -0.15) is 0 Å². The van der Waals surface area contributed by atoms with E-state index in [4.69, 9.17) is 9.47 Å². The topological polar surface area (TPSA) is 18.5 Å². The molecular formula is C22H16O2. The zero-order valence-corrected chi connectivity index (χ0v) is 13.4. The van der Waals surface area contributed by atoms with Crippen molar-refractivity contribution in [2.45, 2.75) is 6.92 Å². The number of hydrogen-bond acceptors (Lipinski definition) is 2. The highest BCUT2D eigenvalue weighted by molar-refractivity contribution is 6.10. The second-order valence-corrected chi connectivity index (χ2v) is 6.23. The lowest BCUT2D eigenvalue weighted by atomic mass is 9.92. The first-order valence-corrected chi connectivity index (χ1v) is 8.12.